The minimum absolute atomic E-state index is 0.199. The zero-order valence-electron chi connectivity index (χ0n) is 11.9. The lowest BCUT2D eigenvalue weighted by Gasteiger charge is -2.31. The maximum atomic E-state index is 12.1. The number of rotatable bonds is 3. The Bertz CT molecular complexity index is 590. The van der Waals surface area contributed by atoms with Crippen LogP contribution >= 0.6 is 0 Å². The van der Waals surface area contributed by atoms with E-state index >= 15 is 0 Å². The van der Waals surface area contributed by atoms with Gasteiger partial charge in [-0.05, 0) is 5.56 Å². The summed E-state index contributed by atoms with van der Waals surface area (Å²) in [6.45, 7) is 0.959. The third kappa shape index (κ3) is 3.04. The highest BCUT2D eigenvalue weighted by Gasteiger charge is 2.37. The van der Waals surface area contributed by atoms with E-state index in [2.05, 4.69) is 5.32 Å². The van der Waals surface area contributed by atoms with E-state index in [1.54, 1.807) is 12.4 Å². The SMILES string of the molecule is O=C(O)C1CN2C=CN(C(=O)OCc3ccccc3)CC2N1. The summed E-state index contributed by atoms with van der Waals surface area (Å²) in [5, 5.41) is 12.0. The molecule has 2 heterocycles. The molecule has 0 aromatic heterocycles. The average Bonchev–Trinajstić information content (AvgIpc) is 2.97. The molecule has 7 nitrogen and oxygen atoms in total. The van der Waals surface area contributed by atoms with E-state index in [-0.39, 0.29) is 12.8 Å². The number of nitrogens with one attached hydrogen (secondary N) is 1. The van der Waals surface area contributed by atoms with Crippen LogP contribution in [0, 0.1) is 0 Å². The van der Waals surface area contributed by atoms with Crippen molar-refractivity contribution in [3.63, 3.8) is 0 Å². The van der Waals surface area contributed by atoms with Crippen molar-refractivity contribution in [2.75, 3.05) is 13.1 Å². The topological polar surface area (TPSA) is 82.1 Å². The summed E-state index contributed by atoms with van der Waals surface area (Å²) in [6.07, 6.45) is 2.69. The highest BCUT2D eigenvalue weighted by atomic mass is 16.6. The number of ether oxygens (including phenoxy) is 1. The molecule has 0 saturated carbocycles. The van der Waals surface area contributed by atoms with E-state index in [0.717, 1.165) is 5.56 Å². The molecule has 0 radical (unpaired) electrons. The molecule has 1 fully saturated rings. The fourth-order valence-electron chi connectivity index (χ4n) is 2.54. The van der Waals surface area contributed by atoms with Crippen LogP contribution in [0.25, 0.3) is 0 Å². The molecule has 1 aromatic carbocycles. The van der Waals surface area contributed by atoms with Crippen LogP contribution in [0.2, 0.25) is 0 Å². The Hall–Kier alpha value is -2.54. The van der Waals surface area contributed by atoms with Gasteiger partial charge in [-0.2, -0.15) is 0 Å². The van der Waals surface area contributed by atoms with Gasteiger partial charge >= 0.3 is 12.1 Å². The number of carbonyl (C=O) groups excluding carboxylic acids is 1. The zero-order valence-corrected chi connectivity index (χ0v) is 11.9. The first kappa shape index (κ1) is 14.4. The molecular weight excluding hydrogens is 286 g/mol. The Morgan fingerprint density at radius 2 is 2.00 bits per heavy atom. The van der Waals surface area contributed by atoms with Crippen molar-refractivity contribution in [2.45, 2.75) is 18.8 Å². The van der Waals surface area contributed by atoms with Crippen molar-refractivity contribution in [1.82, 2.24) is 15.1 Å². The second kappa shape index (κ2) is 6.07. The molecule has 7 heteroatoms. The smallest absolute Gasteiger partial charge is 0.414 e. The number of amides is 1. The van der Waals surface area contributed by atoms with E-state index < -0.39 is 18.1 Å². The van der Waals surface area contributed by atoms with Gasteiger partial charge in [0.25, 0.3) is 0 Å². The molecule has 0 spiro atoms. The van der Waals surface area contributed by atoms with Crippen LogP contribution in [0.4, 0.5) is 4.79 Å². The molecule has 2 N–H and O–H groups in total. The first-order valence-corrected chi connectivity index (χ1v) is 7.04. The molecule has 0 bridgehead atoms. The highest BCUT2D eigenvalue weighted by Crippen LogP contribution is 2.17. The van der Waals surface area contributed by atoms with Crippen molar-refractivity contribution in [3.8, 4) is 0 Å². The molecule has 0 aliphatic carbocycles. The van der Waals surface area contributed by atoms with Crippen LogP contribution in [0.5, 0.6) is 0 Å². The fraction of sp³-hybridized carbons (Fsp3) is 0.333. The van der Waals surface area contributed by atoms with Crippen molar-refractivity contribution in [1.29, 1.82) is 0 Å². The lowest BCUT2D eigenvalue weighted by atomic mass is 10.2. The van der Waals surface area contributed by atoms with E-state index in [1.807, 2.05) is 35.2 Å². The van der Waals surface area contributed by atoms with Gasteiger partial charge in [0.15, 0.2) is 0 Å². The lowest BCUT2D eigenvalue weighted by Crippen LogP contribution is -2.48. The number of benzene rings is 1. The summed E-state index contributed by atoms with van der Waals surface area (Å²) >= 11 is 0. The van der Waals surface area contributed by atoms with E-state index in [1.165, 1.54) is 4.90 Å². The van der Waals surface area contributed by atoms with Crippen LogP contribution in [-0.4, -0.2) is 52.3 Å². The monoisotopic (exact) mass is 303 g/mol. The van der Waals surface area contributed by atoms with Gasteiger partial charge in [0.1, 0.15) is 12.6 Å². The van der Waals surface area contributed by atoms with Crippen LogP contribution in [-0.2, 0) is 16.1 Å². The first-order chi connectivity index (χ1) is 10.6. The Kier molecular flexibility index (Phi) is 3.97. The molecule has 2 aliphatic heterocycles. The molecule has 2 aliphatic rings. The van der Waals surface area contributed by atoms with Crippen LogP contribution in [0.3, 0.4) is 0 Å². The second-order valence-corrected chi connectivity index (χ2v) is 5.26. The predicted octanol–water partition coefficient (Wildman–Crippen LogP) is 0.794. The Morgan fingerprint density at radius 3 is 2.73 bits per heavy atom. The number of carboxylic acids is 1. The van der Waals surface area contributed by atoms with Crippen molar-refractivity contribution < 1.29 is 19.4 Å². The number of hydrogen-bond acceptors (Lipinski definition) is 5. The number of carboxylic acid groups (broad SMARTS) is 1. The second-order valence-electron chi connectivity index (χ2n) is 5.26. The quantitative estimate of drug-likeness (QED) is 0.859. The maximum absolute atomic E-state index is 12.1. The van der Waals surface area contributed by atoms with Gasteiger partial charge in [-0.15, -0.1) is 0 Å². The normalized spacial score (nSPS) is 23.3. The Labute approximate surface area is 127 Å². The number of carbonyl (C=O) groups is 2. The minimum Gasteiger partial charge on any atom is -0.480 e. The first-order valence-electron chi connectivity index (χ1n) is 7.04. The van der Waals surface area contributed by atoms with Gasteiger partial charge in [-0.25, -0.2) is 4.79 Å². The largest absolute Gasteiger partial charge is 0.480 e. The van der Waals surface area contributed by atoms with Gasteiger partial charge in [0, 0.05) is 18.9 Å². The van der Waals surface area contributed by atoms with Gasteiger partial charge in [0.05, 0.1) is 12.7 Å². The molecular formula is C15H17N3O4. The number of fused-ring (bicyclic) bond motifs is 1. The van der Waals surface area contributed by atoms with Gasteiger partial charge in [0.2, 0.25) is 0 Å². The standard InChI is InChI=1S/C15H17N3O4/c19-14(20)12-8-17-6-7-18(9-13(17)16-12)15(21)22-10-11-4-2-1-3-5-11/h1-7,12-13,16H,8-10H2,(H,19,20). The number of aliphatic carboxylic acids is 1. The minimum atomic E-state index is -0.888. The summed E-state index contributed by atoms with van der Waals surface area (Å²) in [7, 11) is 0. The molecule has 116 valence electrons. The lowest BCUT2D eigenvalue weighted by molar-refractivity contribution is -0.138. The molecule has 1 aromatic rings. The average molecular weight is 303 g/mol. The maximum Gasteiger partial charge on any atom is 0.414 e. The van der Waals surface area contributed by atoms with Gasteiger partial charge < -0.3 is 14.7 Å². The van der Waals surface area contributed by atoms with E-state index in [9.17, 15) is 9.59 Å². The van der Waals surface area contributed by atoms with Crippen LogP contribution in [0.15, 0.2) is 42.7 Å². The predicted molar refractivity (Wildman–Crippen MR) is 77.5 cm³/mol. The Balaban J connectivity index is 1.55. The summed E-state index contributed by atoms with van der Waals surface area (Å²) in [5.41, 5.74) is 0.920. The summed E-state index contributed by atoms with van der Waals surface area (Å²) in [5.74, 6) is -0.888. The van der Waals surface area contributed by atoms with Crippen molar-refractivity contribution in [2.24, 2.45) is 0 Å². The number of hydrogen-bond donors (Lipinski definition) is 2. The van der Waals surface area contributed by atoms with Crippen molar-refractivity contribution >= 4 is 12.1 Å². The molecule has 22 heavy (non-hydrogen) atoms. The van der Waals surface area contributed by atoms with Crippen molar-refractivity contribution in [3.05, 3.63) is 48.3 Å². The van der Waals surface area contributed by atoms with Crippen LogP contribution in [0.1, 0.15) is 5.56 Å². The summed E-state index contributed by atoms with van der Waals surface area (Å²) in [4.78, 5) is 26.4. The third-order valence-corrected chi connectivity index (χ3v) is 3.73. The summed E-state index contributed by atoms with van der Waals surface area (Å²) in [6, 6.07) is 8.83. The number of nitrogens with zero attached hydrogens (tertiary/aromatic N) is 2. The molecule has 1 amide bonds. The summed E-state index contributed by atoms with van der Waals surface area (Å²) < 4.78 is 5.26. The van der Waals surface area contributed by atoms with Gasteiger partial charge in [-0.1, -0.05) is 30.3 Å². The molecule has 2 atom stereocenters. The van der Waals surface area contributed by atoms with Gasteiger partial charge in [-0.3, -0.25) is 15.0 Å². The Morgan fingerprint density at radius 1 is 1.23 bits per heavy atom. The molecule has 3 rings (SSSR count). The zero-order chi connectivity index (χ0) is 15.5. The third-order valence-electron chi connectivity index (χ3n) is 3.73. The molecule has 1 saturated heterocycles. The highest BCUT2D eigenvalue weighted by molar-refractivity contribution is 5.74. The molecule has 2 unspecified atom stereocenters. The van der Waals surface area contributed by atoms with Crippen LogP contribution < -0.4 is 5.32 Å². The fourth-order valence-corrected chi connectivity index (χ4v) is 2.54. The van der Waals surface area contributed by atoms with E-state index in [0.29, 0.717) is 13.1 Å². The van der Waals surface area contributed by atoms with E-state index in [4.69, 9.17) is 9.84 Å².